The molecule has 0 bridgehead atoms. The lowest BCUT2D eigenvalue weighted by Crippen LogP contribution is -1.95. The first kappa shape index (κ1) is 13.7. The Labute approximate surface area is 136 Å². The fourth-order valence-corrected chi connectivity index (χ4v) is 3.28. The molecule has 3 aromatic heterocycles. The first-order chi connectivity index (χ1) is 10.8. The normalized spacial score (nSPS) is 14.0. The summed E-state index contributed by atoms with van der Waals surface area (Å²) < 4.78 is 3.01. The maximum absolute atomic E-state index is 5.89. The van der Waals surface area contributed by atoms with Gasteiger partial charge < -0.3 is 0 Å². The summed E-state index contributed by atoms with van der Waals surface area (Å²) in [6, 6.07) is 10.1. The van der Waals surface area contributed by atoms with Gasteiger partial charge >= 0.3 is 0 Å². The molecule has 0 aliphatic heterocycles. The number of nitrogens with zero attached hydrogens (tertiary/aromatic N) is 4. The van der Waals surface area contributed by atoms with Gasteiger partial charge in [-0.3, -0.25) is 0 Å². The van der Waals surface area contributed by atoms with Crippen molar-refractivity contribution in [2.75, 3.05) is 0 Å². The van der Waals surface area contributed by atoms with E-state index in [1.54, 1.807) is 22.0 Å². The quantitative estimate of drug-likeness (QED) is 0.514. The van der Waals surface area contributed by atoms with Gasteiger partial charge in [0.1, 0.15) is 5.15 Å². The Bertz CT molecular complexity index is 896. The van der Waals surface area contributed by atoms with Gasteiger partial charge in [0.25, 0.3) is 0 Å². The van der Waals surface area contributed by atoms with E-state index in [9.17, 15) is 0 Å². The van der Waals surface area contributed by atoms with Crippen molar-refractivity contribution in [1.82, 2.24) is 19.6 Å². The van der Waals surface area contributed by atoms with E-state index in [1.165, 1.54) is 23.1 Å². The molecule has 110 valence electrons. The number of halogens is 1. The third-order valence-corrected chi connectivity index (χ3v) is 4.61. The Morgan fingerprint density at radius 2 is 2.05 bits per heavy atom. The van der Waals surface area contributed by atoms with Crippen LogP contribution in [0.3, 0.4) is 0 Å². The molecule has 0 saturated heterocycles. The zero-order valence-electron chi connectivity index (χ0n) is 11.7. The number of para-hydroxylation sites is 1. The molecule has 1 aliphatic carbocycles. The van der Waals surface area contributed by atoms with Crippen molar-refractivity contribution in [3.63, 3.8) is 0 Å². The monoisotopic (exact) mass is 328 g/mol. The van der Waals surface area contributed by atoms with Crippen LogP contribution in [0.1, 0.15) is 24.3 Å². The van der Waals surface area contributed by atoms with Crippen LogP contribution in [0.25, 0.3) is 15.9 Å². The average Bonchev–Trinajstić information content (AvgIpc) is 3.08. The molecule has 0 N–H and O–H groups in total. The highest BCUT2D eigenvalue weighted by molar-refractivity contribution is 7.16. The molecule has 6 heteroatoms. The molecule has 0 unspecified atom stereocenters. The fourth-order valence-electron chi connectivity index (χ4n) is 2.41. The summed E-state index contributed by atoms with van der Waals surface area (Å²) in [5.41, 5.74) is 5.16. The van der Waals surface area contributed by atoms with E-state index < -0.39 is 0 Å². The molecule has 1 saturated carbocycles. The molecule has 22 heavy (non-hydrogen) atoms. The standard InChI is InChI=1S/C9H8ClN3.C7H5NS/c10-8-5-7(6-1-2-6)9-11-3-4-13(9)12-8;1-2-4-7-6(3-1)8-5-9-7/h3-6H,1-2H2;1-5H. The van der Waals surface area contributed by atoms with Gasteiger partial charge in [0.2, 0.25) is 0 Å². The number of benzene rings is 1. The second kappa shape index (κ2) is 5.66. The summed E-state index contributed by atoms with van der Waals surface area (Å²) in [6.45, 7) is 0. The summed E-state index contributed by atoms with van der Waals surface area (Å²) in [5, 5.41) is 4.67. The predicted molar refractivity (Wildman–Crippen MR) is 89.6 cm³/mol. The molecule has 4 aromatic rings. The molecule has 1 aliphatic rings. The van der Waals surface area contributed by atoms with Crippen LogP contribution in [0.5, 0.6) is 0 Å². The van der Waals surface area contributed by atoms with Gasteiger partial charge in [0, 0.05) is 18.0 Å². The largest absolute Gasteiger partial charge is 0.245 e. The van der Waals surface area contributed by atoms with Crippen molar-refractivity contribution >= 4 is 38.8 Å². The molecule has 1 fully saturated rings. The highest BCUT2D eigenvalue weighted by atomic mass is 35.5. The average molecular weight is 329 g/mol. The van der Waals surface area contributed by atoms with Crippen molar-refractivity contribution < 1.29 is 0 Å². The van der Waals surface area contributed by atoms with Gasteiger partial charge in [-0.05, 0) is 37.0 Å². The molecular weight excluding hydrogens is 316 g/mol. The number of imidazole rings is 1. The molecular formula is C16H13ClN4S. The molecule has 3 heterocycles. The molecule has 4 nitrogen and oxygen atoms in total. The summed E-state index contributed by atoms with van der Waals surface area (Å²) in [7, 11) is 0. The SMILES string of the molecule is Clc1cc(C2CC2)c2nccn2n1.c1ccc2scnc2c1. The Morgan fingerprint density at radius 1 is 1.18 bits per heavy atom. The minimum atomic E-state index is 0.549. The zero-order chi connectivity index (χ0) is 14.9. The molecule has 5 rings (SSSR count). The third kappa shape index (κ3) is 2.69. The first-order valence-corrected chi connectivity index (χ1v) is 8.35. The van der Waals surface area contributed by atoms with Gasteiger partial charge in [0.05, 0.1) is 15.7 Å². The molecule has 1 aromatic carbocycles. The van der Waals surface area contributed by atoms with Crippen molar-refractivity contribution in [2.45, 2.75) is 18.8 Å². The van der Waals surface area contributed by atoms with Gasteiger partial charge in [-0.2, -0.15) is 5.10 Å². The van der Waals surface area contributed by atoms with Crippen molar-refractivity contribution in [3.05, 3.63) is 59.0 Å². The van der Waals surface area contributed by atoms with E-state index in [0.29, 0.717) is 11.1 Å². The van der Waals surface area contributed by atoms with Gasteiger partial charge in [0.15, 0.2) is 5.65 Å². The number of aromatic nitrogens is 4. The van der Waals surface area contributed by atoms with Crippen LogP contribution in [-0.4, -0.2) is 19.6 Å². The first-order valence-electron chi connectivity index (χ1n) is 7.09. The van der Waals surface area contributed by atoms with Gasteiger partial charge in [-0.1, -0.05) is 23.7 Å². The lowest BCUT2D eigenvalue weighted by Gasteiger charge is -2.00. The lowest BCUT2D eigenvalue weighted by atomic mass is 10.2. The third-order valence-electron chi connectivity index (χ3n) is 3.61. The van der Waals surface area contributed by atoms with E-state index in [0.717, 1.165) is 11.2 Å². The molecule has 0 amide bonds. The zero-order valence-corrected chi connectivity index (χ0v) is 13.3. The van der Waals surface area contributed by atoms with Crippen LogP contribution in [-0.2, 0) is 0 Å². The minimum Gasteiger partial charge on any atom is -0.245 e. The van der Waals surface area contributed by atoms with Crippen LogP contribution < -0.4 is 0 Å². The number of fused-ring (bicyclic) bond motifs is 2. The molecule has 0 spiro atoms. The Kier molecular flexibility index (Phi) is 3.52. The number of rotatable bonds is 1. The maximum atomic E-state index is 5.89. The second-order valence-corrected chi connectivity index (χ2v) is 6.49. The summed E-state index contributed by atoms with van der Waals surface area (Å²) in [4.78, 5) is 8.40. The van der Waals surface area contributed by atoms with Crippen molar-refractivity contribution in [3.8, 4) is 0 Å². The van der Waals surface area contributed by atoms with Gasteiger partial charge in [-0.15, -0.1) is 11.3 Å². The van der Waals surface area contributed by atoms with Crippen LogP contribution in [0.2, 0.25) is 5.15 Å². The number of thiazole rings is 1. The summed E-state index contributed by atoms with van der Waals surface area (Å²) in [6.07, 6.45) is 6.09. The van der Waals surface area contributed by atoms with E-state index >= 15 is 0 Å². The Hall–Kier alpha value is -1.98. The summed E-state index contributed by atoms with van der Waals surface area (Å²) in [5.74, 6) is 0.658. The number of hydrogen-bond acceptors (Lipinski definition) is 4. The van der Waals surface area contributed by atoms with E-state index in [2.05, 4.69) is 21.1 Å². The van der Waals surface area contributed by atoms with Crippen LogP contribution in [0.15, 0.2) is 48.2 Å². The highest BCUT2D eigenvalue weighted by Crippen LogP contribution is 2.41. The smallest absolute Gasteiger partial charge is 0.157 e. The van der Waals surface area contributed by atoms with Crippen LogP contribution in [0, 0.1) is 0 Å². The minimum absolute atomic E-state index is 0.549. The van der Waals surface area contributed by atoms with Crippen molar-refractivity contribution in [1.29, 1.82) is 0 Å². The maximum Gasteiger partial charge on any atom is 0.157 e. The molecule has 0 radical (unpaired) electrons. The van der Waals surface area contributed by atoms with Crippen LogP contribution in [0.4, 0.5) is 0 Å². The Morgan fingerprint density at radius 3 is 2.86 bits per heavy atom. The second-order valence-electron chi connectivity index (χ2n) is 5.21. The summed E-state index contributed by atoms with van der Waals surface area (Å²) >= 11 is 7.57. The molecule has 0 atom stereocenters. The lowest BCUT2D eigenvalue weighted by molar-refractivity contribution is 0.913. The van der Waals surface area contributed by atoms with E-state index in [1.807, 2.05) is 36.0 Å². The van der Waals surface area contributed by atoms with Crippen LogP contribution >= 0.6 is 22.9 Å². The number of hydrogen-bond donors (Lipinski definition) is 0. The fraction of sp³-hybridized carbons (Fsp3) is 0.188. The highest BCUT2D eigenvalue weighted by Gasteiger charge is 2.26. The Balaban J connectivity index is 0.000000122. The van der Waals surface area contributed by atoms with E-state index in [4.69, 9.17) is 11.6 Å². The topological polar surface area (TPSA) is 43.1 Å². The predicted octanol–water partition coefficient (Wildman–Crippen LogP) is 4.56. The van der Waals surface area contributed by atoms with Gasteiger partial charge in [-0.25, -0.2) is 14.5 Å². The van der Waals surface area contributed by atoms with Crippen molar-refractivity contribution in [2.24, 2.45) is 0 Å². The van der Waals surface area contributed by atoms with E-state index in [-0.39, 0.29) is 0 Å².